The maximum atomic E-state index is 2.22. The number of benzene rings is 1. The molecule has 0 aliphatic heterocycles. The maximum absolute atomic E-state index is 2.22. The summed E-state index contributed by atoms with van der Waals surface area (Å²) in [5.41, 5.74) is 5.78. The Bertz CT molecular complexity index is 445. The van der Waals surface area contributed by atoms with Gasteiger partial charge >= 0.3 is 0 Å². The van der Waals surface area contributed by atoms with E-state index in [1.165, 1.54) is 22.3 Å². The molecule has 3 rings (SSSR count). The van der Waals surface area contributed by atoms with Gasteiger partial charge in [0.15, 0.2) is 0 Å². The van der Waals surface area contributed by atoms with Crippen LogP contribution in [0.4, 0.5) is 0 Å². The molecule has 0 unspecified atom stereocenters. The minimum absolute atomic E-state index is 1.08. The van der Waals surface area contributed by atoms with E-state index in [1.807, 2.05) is 0 Å². The van der Waals surface area contributed by atoms with Crippen LogP contribution in [0.5, 0.6) is 0 Å². The van der Waals surface area contributed by atoms with Crippen molar-refractivity contribution >= 4 is 11.1 Å². The lowest BCUT2D eigenvalue weighted by atomic mass is 9.79. The van der Waals surface area contributed by atoms with Crippen molar-refractivity contribution in [3.05, 3.63) is 59.7 Å². The summed E-state index contributed by atoms with van der Waals surface area (Å²) in [5.74, 6) is 0. The van der Waals surface area contributed by atoms with Crippen molar-refractivity contribution < 1.29 is 0 Å². The molecule has 0 amide bonds. The Morgan fingerprint density at radius 1 is 0.923 bits per heavy atom. The van der Waals surface area contributed by atoms with Crippen molar-refractivity contribution in [3.8, 4) is 0 Å². The van der Waals surface area contributed by atoms with Gasteiger partial charge < -0.3 is 0 Å². The van der Waals surface area contributed by atoms with E-state index >= 15 is 0 Å². The molecule has 1 aromatic carbocycles. The third-order valence-electron chi connectivity index (χ3n) is 2.70. The lowest BCUT2D eigenvalue weighted by Gasteiger charge is -2.24. The second-order valence-corrected chi connectivity index (χ2v) is 3.43. The van der Waals surface area contributed by atoms with Crippen LogP contribution in [0.25, 0.3) is 11.1 Å². The Balaban J connectivity index is 2.17. The first kappa shape index (κ1) is 6.90. The third kappa shape index (κ3) is 0.858. The normalized spacial score (nSPS) is 17.5. The van der Waals surface area contributed by atoms with Crippen LogP contribution >= 0.6 is 0 Å². The number of hydrogen-bond acceptors (Lipinski definition) is 0. The molecule has 0 nitrogen and oxygen atoms in total. The zero-order valence-electron chi connectivity index (χ0n) is 7.33. The fraction of sp³-hybridized carbons (Fsp3) is 0.0769. The van der Waals surface area contributed by atoms with E-state index in [9.17, 15) is 0 Å². The van der Waals surface area contributed by atoms with Crippen molar-refractivity contribution in [3.63, 3.8) is 0 Å². The summed E-state index contributed by atoms with van der Waals surface area (Å²) in [6.45, 7) is 0. The van der Waals surface area contributed by atoms with Crippen LogP contribution in [0.1, 0.15) is 17.5 Å². The number of rotatable bonds is 0. The fourth-order valence-electron chi connectivity index (χ4n) is 2.05. The van der Waals surface area contributed by atoms with Crippen molar-refractivity contribution in [1.29, 1.82) is 0 Å². The predicted molar refractivity (Wildman–Crippen MR) is 56.2 cm³/mol. The van der Waals surface area contributed by atoms with Gasteiger partial charge in [-0.15, -0.1) is 0 Å². The average Bonchev–Trinajstić information content (AvgIpc) is 2.37. The molecule has 0 spiro atoms. The molecule has 0 N–H and O–H groups in total. The largest absolute Gasteiger partial charge is 0.0801 e. The quantitative estimate of drug-likeness (QED) is 0.554. The topological polar surface area (TPSA) is 0 Å². The highest BCUT2D eigenvalue weighted by Crippen LogP contribution is 2.43. The van der Waals surface area contributed by atoms with Crippen LogP contribution in [-0.2, 0) is 0 Å². The second kappa shape index (κ2) is 2.46. The lowest BCUT2D eigenvalue weighted by molar-refractivity contribution is 1.34. The number of allylic oxidation sites excluding steroid dienone is 6. The van der Waals surface area contributed by atoms with Crippen molar-refractivity contribution in [2.45, 2.75) is 6.42 Å². The lowest BCUT2D eigenvalue weighted by Crippen LogP contribution is -2.03. The first-order valence-corrected chi connectivity index (χ1v) is 4.63. The standard InChI is InChI=1S/C13H10/c1-2-6-10-11(7-3-1)13-9-5-4-8-12(10)13/h1-6,8-9H,7H2. The van der Waals surface area contributed by atoms with Gasteiger partial charge in [-0.25, -0.2) is 0 Å². The monoisotopic (exact) mass is 166 g/mol. The summed E-state index contributed by atoms with van der Waals surface area (Å²) in [7, 11) is 0. The minimum atomic E-state index is 1.08. The van der Waals surface area contributed by atoms with Gasteiger partial charge in [-0.2, -0.15) is 0 Å². The highest BCUT2D eigenvalue weighted by molar-refractivity contribution is 6.08. The number of hydrogen-bond donors (Lipinski definition) is 0. The molecule has 13 heavy (non-hydrogen) atoms. The van der Waals surface area contributed by atoms with Crippen LogP contribution in [0.2, 0.25) is 0 Å². The molecular weight excluding hydrogens is 156 g/mol. The highest BCUT2D eigenvalue weighted by atomic mass is 14.3. The maximum Gasteiger partial charge on any atom is -0.00820 e. The van der Waals surface area contributed by atoms with Gasteiger partial charge in [0.2, 0.25) is 0 Å². The van der Waals surface area contributed by atoms with Gasteiger partial charge in [0.05, 0.1) is 0 Å². The van der Waals surface area contributed by atoms with Crippen molar-refractivity contribution in [2.75, 3.05) is 0 Å². The number of fused-ring (bicyclic) bond motifs is 3. The molecule has 0 radical (unpaired) electrons. The van der Waals surface area contributed by atoms with Crippen LogP contribution < -0.4 is 0 Å². The fourth-order valence-corrected chi connectivity index (χ4v) is 2.05. The van der Waals surface area contributed by atoms with Crippen LogP contribution in [0.15, 0.2) is 48.6 Å². The molecular formula is C13H10. The summed E-state index contributed by atoms with van der Waals surface area (Å²) in [5, 5.41) is 0. The Labute approximate surface area is 77.9 Å². The molecule has 1 aromatic rings. The van der Waals surface area contributed by atoms with E-state index in [2.05, 4.69) is 48.6 Å². The molecule has 62 valence electrons. The first-order chi connectivity index (χ1) is 6.47. The Kier molecular flexibility index (Phi) is 1.31. The Morgan fingerprint density at radius 2 is 1.77 bits per heavy atom. The second-order valence-electron chi connectivity index (χ2n) is 3.43. The van der Waals surface area contributed by atoms with E-state index < -0.39 is 0 Å². The predicted octanol–water partition coefficient (Wildman–Crippen LogP) is 3.43. The van der Waals surface area contributed by atoms with Crippen molar-refractivity contribution in [1.82, 2.24) is 0 Å². The summed E-state index contributed by atoms with van der Waals surface area (Å²) >= 11 is 0. The van der Waals surface area contributed by atoms with Crippen LogP contribution in [0.3, 0.4) is 0 Å². The van der Waals surface area contributed by atoms with Gasteiger partial charge in [0.1, 0.15) is 0 Å². The van der Waals surface area contributed by atoms with Gasteiger partial charge in [-0.1, -0.05) is 48.6 Å². The summed E-state index contributed by atoms with van der Waals surface area (Å²) in [6.07, 6.45) is 9.76. The Hall–Kier alpha value is -1.56. The van der Waals surface area contributed by atoms with Gasteiger partial charge in [-0.3, -0.25) is 0 Å². The molecule has 0 bridgehead atoms. The van der Waals surface area contributed by atoms with E-state index in [0.717, 1.165) is 6.42 Å². The molecule has 0 atom stereocenters. The smallest absolute Gasteiger partial charge is 0.00820 e. The van der Waals surface area contributed by atoms with Gasteiger partial charge in [-0.05, 0) is 28.7 Å². The molecule has 0 saturated heterocycles. The van der Waals surface area contributed by atoms with Crippen LogP contribution in [-0.4, -0.2) is 0 Å². The molecule has 0 saturated carbocycles. The molecule has 0 heteroatoms. The van der Waals surface area contributed by atoms with Crippen molar-refractivity contribution in [2.24, 2.45) is 0 Å². The van der Waals surface area contributed by atoms with E-state index in [0.29, 0.717) is 0 Å². The van der Waals surface area contributed by atoms with Gasteiger partial charge in [0.25, 0.3) is 0 Å². The molecule has 0 heterocycles. The SMILES string of the molecule is C1=CCC2=C(C=C1)c1ccccc12. The van der Waals surface area contributed by atoms with E-state index in [4.69, 9.17) is 0 Å². The zero-order valence-corrected chi connectivity index (χ0v) is 7.33. The highest BCUT2D eigenvalue weighted by Gasteiger charge is 2.22. The summed E-state index contributed by atoms with van der Waals surface area (Å²) < 4.78 is 0. The third-order valence-corrected chi connectivity index (χ3v) is 2.70. The minimum Gasteiger partial charge on any atom is -0.0801 e. The van der Waals surface area contributed by atoms with E-state index in [1.54, 1.807) is 0 Å². The first-order valence-electron chi connectivity index (χ1n) is 4.63. The summed E-state index contributed by atoms with van der Waals surface area (Å²) in [4.78, 5) is 0. The Morgan fingerprint density at radius 3 is 2.69 bits per heavy atom. The van der Waals surface area contributed by atoms with E-state index in [-0.39, 0.29) is 0 Å². The van der Waals surface area contributed by atoms with Gasteiger partial charge in [0, 0.05) is 0 Å². The molecule has 0 aromatic heterocycles. The summed E-state index contributed by atoms with van der Waals surface area (Å²) in [6, 6.07) is 8.63. The average molecular weight is 166 g/mol. The zero-order chi connectivity index (χ0) is 8.67. The molecule has 2 aliphatic rings. The molecule has 0 fully saturated rings. The molecule has 2 aliphatic carbocycles. The van der Waals surface area contributed by atoms with Crippen LogP contribution in [0, 0.1) is 0 Å².